The van der Waals surface area contributed by atoms with E-state index in [1.165, 1.54) is 5.56 Å². The zero-order chi connectivity index (χ0) is 18.4. The number of phenolic OH excluding ortho intramolecular Hbond substituents is 1. The highest BCUT2D eigenvalue weighted by molar-refractivity contribution is 5.89. The number of aryl methyl sites for hydroxylation is 4. The molecule has 0 amide bonds. The van der Waals surface area contributed by atoms with E-state index in [0.29, 0.717) is 18.4 Å². The van der Waals surface area contributed by atoms with Crippen LogP contribution in [0.1, 0.15) is 32.6 Å². The normalized spacial score (nSPS) is 10.6. The van der Waals surface area contributed by atoms with Crippen molar-refractivity contribution in [3.63, 3.8) is 0 Å². The van der Waals surface area contributed by atoms with Crippen LogP contribution in [0.5, 0.6) is 5.75 Å². The van der Waals surface area contributed by atoms with Gasteiger partial charge in [-0.25, -0.2) is 4.79 Å². The van der Waals surface area contributed by atoms with Gasteiger partial charge in [0.15, 0.2) is 0 Å². The SMILES string of the molecule is O=C(O)c1ccccc1CCc1ccc(CCc2ccccc2)cc1O. The molecule has 0 radical (unpaired) electrons. The molecule has 0 saturated heterocycles. The molecule has 3 heteroatoms. The third-order valence-corrected chi connectivity index (χ3v) is 4.61. The minimum absolute atomic E-state index is 0.281. The standard InChI is InChI=1S/C23H22O3/c24-22-16-18(11-10-17-6-2-1-3-7-17)12-13-20(22)15-14-19-8-4-5-9-21(19)23(25)26/h1-9,12-13,16,24H,10-11,14-15H2,(H,25,26). The minimum atomic E-state index is -0.916. The minimum Gasteiger partial charge on any atom is -0.508 e. The lowest BCUT2D eigenvalue weighted by Gasteiger charge is -2.09. The van der Waals surface area contributed by atoms with Gasteiger partial charge in [-0.3, -0.25) is 0 Å². The van der Waals surface area contributed by atoms with Crippen molar-refractivity contribution < 1.29 is 15.0 Å². The van der Waals surface area contributed by atoms with Crippen molar-refractivity contribution in [1.82, 2.24) is 0 Å². The van der Waals surface area contributed by atoms with Crippen molar-refractivity contribution >= 4 is 5.97 Å². The van der Waals surface area contributed by atoms with Crippen LogP contribution in [0.3, 0.4) is 0 Å². The van der Waals surface area contributed by atoms with Gasteiger partial charge in [0.1, 0.15) is 5.75 Å². The zero-order valence-corrected chi connectivity index (χ0v) is 14.6. The molecule has 0 aliphatic rings. The summed E-state index contributed by atoms with van der Waals surface area (Å²) in [6.45, 7) is 0. The van der Waals surface area contributed by atoms with E-state index >= 15 is 0 Å². The summed E-state index contributed by atoms with van der Waals surface area (Å²) in [7, 11) is 0. The second kappa shape index (κ2) is 8.34. The van der Waals surface area contributed by atoms with Gasteiger partial charge in [0.25, 0.3) is 0 Å². The van der Waals surface area contributed by atoms with Crippen molar-refractivity contribution in [2.45, 2.75) is 25.7 Å². The average molecular weight is 346 g/mol. The number of aromatic hydroxyl groups is 1. The van der Waals surface area contributed by atoms with Crippen LogP contribution in [0.2, 0.25) is 0 Å². The largest absolute Gasteiger partial charge is 0.508 e. The van der Waals surface area contributed by atoms with Gasteiger partial charge in [0, 0.05) is 0 Å². The second-order valence-electron chi connectivity index (χ2n) is 6.41. The summed E-state index contributed by atoms with van der Waals surface area (Å²) in [5, 5.41) is 19.6. The molecule has 0 aliphatic heterocycles. The molecule has 0 atom stereocenters. The van der Waals surface area contributed by atoms with Gasteiger partial charge in [0.05, 0.1) is 5.56 Å². The summed E-state index contributed by atoms with van der Waals surface area (Å²) in [6.07, 6.45) is 3.00. The Bertz CT molecular complexity index is 885. The molecule has 0 fully saturated rings. The van der Waals surface area contributed by atoms with Crippen molar-refractivity contribution in [1.29, 1.82) is 0 Å². The molecule has 0 unspecified atom stereocenters. The highest BCUT2D eigenvalue weighted by Gasteiger charge is 2.10. The quantitative estimate of drug-likeness (QED) is 0.654. The van der Waals surface area contributed by atoms with Gasteiger partial charge in [-0.15, -0.1) is 0 Å². The lowest BCUT2D eigenvalue weighted by molar-refractivity contribution is 0.0695. The molecule has 0 spiro atoms. The summed E-state index contributed by atoms with van der Waals surface area (Å²) in [5.74, 6) is -0.635. The van der Waals surface area contributed by atoms with E-state index < -0.39 is 5.97 Å². The number of aromatic carboxylic acids is 1. The van der Waals surface area contributed by atoms with E-state index in [4.69, 9.17) is 0 Å². The van der Waals surface area contributed by atoms with E-state index in [9.17, 15) is 15.0 Å². The zero-order valence-electron chi connectivity index (χ0n) is 14.6. The highest BCUT2D eigenvalue weighted by atomic mass is 16.4. The first-order valence-electron chi connectivity index (χ1n) is 8.79. The van der Waals surface area contributed by atoms with E-state index in [1.807, 2.05) is 48.5 Å². The fourth-order valence-corrected chi connectivity index (χ4v) is 3.13. The Labute approximate surface area is 153 Å². The first-order chi connectivity index (χ1) is 12.6. The van der Waals surface area contributed by atoms with Crippen LogP contribution >= 0.6 is 0 Å². The van der Waals surface area contributed by atoms with Gasteiger partial charge in [-0.2, -0.15) is 0 Å². The van der Waals surface area contributed by atoms with Gasteiger partial charge in [0.2, 0.25) is 0 Å². The summed E-state index contributed by atoms with van der Waals surface area (Å²) >= 11 is 0. The number of rotatable bonds is 7. The Kier molecular flexibility index (Phi) is 5.69. The number of hydrogen-bond acceptors (Lipinski definition) is 2. The van der Waals surface area contributed by atoms with Crippen molar-refractivity contribution in [3.05, 3.63) is 101 Å². The predicted molar refractivity (Wildman–Crippen MR) is 103 cm³/mol. The molecular formula is C23H22O3. The van der Waals surface area contributed by atoms with E-state index in [0.717, 1.165) is 29.5 Å². The second-order valence-corrected chi connectivity index (χ2v) is 6.41. The van der Waals surface area contributed by atoms with Crippen LogP contribution in [-0.2, 0) is 25.7 Å². The first kappa shape index (κ1) is 17.7. The molecule has 3 rings (SSSR count). The molecule has 3 aromatic carbocycles. The lowest BCUT2D eigenvalue weighted by Crippen LogP contribution is -2.03. The number of phenols is 1. The third-order valence-electron chi connectivity index (χ3n) is 4.61. The van der Waals surface area contributed by atoms with Gasteiger partial charge in [-0.05, 0) is 60.1 Å². The molecule has 132 valence electrons. The molecule has 3 nitrogen and oxygen atoms in total. The maximum atomic E-state index is 11.3. The molecule has 0 bridgehead atoms. The molecule has 3 aromatic rings. The van der Waals surface area contributed by atoms with Crippen LogP contribution in [0.4, 0.5) is 0 Å². The number of carbonyl (C=O) groups is 1. The Morgan fingerprint density at radius 2 is 1.35 bits per heavy atom. The maximum absolute atomic E-state index is 11.3. The van der Waals surface area contributed by atoms with Gasteiger partial charge < -0.3 is 10.2 Å². The number of hydrogen-bond donors (Lipinski definition) is 2. The Balaban J connectivity index is 1.64. The number of benzene rings is 3. The Hall–Kier alpha value is -3.07. The number of carboxylic acids is 1. The van der Waals surface area contributed by atoms with Crippen LogP contribution < -0.4 is 0 Å². The average Bonchev–Trinajstić information content (AvgIpc) is 2.66. The summed E-state index contributed by atoms with van der Waals surface area (Å²) < 4.78 is 0. The molecule has 0 heterocycles. The van der Waals surface area contributed by atoms with Crippen LogP contribution in [0.15, 0.2) is 72.8 Å². The van der Waals surface area contributed by atoms with Crippen molar-refractivity contribution in [2.75, 3.05) is 0 Å². The number of carboxylic acid groups (broad SMARTS) is 1. The highest BCUT2D eigenvalue weighted by Crippen LogP contribution is 2.22. The van der Waals surface area contributed by atoms with Gasteiger partial charge >= 0.3 is 5.97 Å². The summed E-state index contributed by atoms with van der Waals surface area (Å²) in [6, 6.07) is 23.1. The molecule has 2 N–H and O–H groups in total. The lowest BCUT2D eigenvalue weighted by atomic mass is 9.97. The molecule has 26 heavy (non-hydrogen) atoms. The molecule has 0 aliphatic carbocycles. The monoisotopic (exact) mass is 346 g/mol. The Morgan fingerprint density at radius 3 is 2.08 bits per heavy atom. The smallest absolute Gasteiger partial charge is 0.335 e. The van der Waals surface area contributed by atoms with Crippen LogP contribution in [-0.4, -0.2) is 16.2 Å². The predicted octanol–water partition coefficient (Wildman–Crippen LogP) is 4.66. The van der Waals surface area contributed by atoms with E-state index in [1.54, 1.807) is 12.1 Å². The maximum Gasteiger partial charge on any atom is 0.335 e. The first-order valence-corrected chi connectivity index (χ1v) is 8.79. The van der Waals surface area contributed by atoms with Crippen molar-refractivity contribution in [2.24, 2.45) is 0 Å². The van der Waals surface area contributed by atoms with Crippen LogP contribution in [0.25, 0.3) is 0 Å². The van der Waals surface area contributed by atoms with Gasteiger partial charge in [-0.1, -0.05) is 60.7 Å². The molecular weight excluding hydrogens is 324 g/mol. The molecule has 0 saturated carbocycles. The Morgan fingerprint density at radius 1 is 0.692 bits per heavy atom. The van der Waals surface area contributed by atoms with E-state index in [-0.39, 0.29) is 5.75 Å². The fraction of sp³-hybridized carbons (Fsp3) is 0.174. The topological polar surface area (TPSA) is 57.5 Å². The summed E-state index contributed by atoms with van der Waals surface area (Å²) in [5.41, 5.74) is 4.33. The summed E-state index contributed by atoms with van der Waals surface area (Å²) in [4.78, 5) is 11.3. The molecule has 0 aromatic heterocycles. The third kappa shape index (κ3) is 4.51. The van der Waals surface area contributed by atoms with Crippen LogP contribution in [0, 0.1) is 0 Å². The van der Waals surface area contributed by atoms with E-state index in [2.05, 4.69) is 12.1 Å². The van der Waals surface area contributed by atoms with Crippen molar-refractivity contribution in [3.8, 4) is 5.75 Å². The fourth-order valence-electron chi connectivity index (χ4n) is 3.13.